The van der Waals surface area contributed by atoms with Crippen LogP contribution in [0.25, 0.3) is 5.69 Å². The number of benzene rings is 2. The normalized spacial score (nSPS) is 11.6. The highest BCUT2D eigenvalue weighted by atomic mass is 32.2. The molecule has 0 radical (unpaired) electrons. The number of nitrogens with one attached hydrogen (secondary N) is 2. The van der Waals surface area contributed by atoms with Gasteiger partial charge < -0.3 is 14.2 Å². The summed E-state index contributed by atoms with van der Waals surface area (Å²) in [5.41, 5.74) is 0.394. The van der Waals surface area contributed by atoms with Gasteiger partial charge in [-0.2, -0.15) is 5.10 Å². The van der Waals surface area contributed by atoms with E-state index in [0.29, 0.717) is 17.1 Å². The van der Waals surface area contributed by atoms with Crippen LogP contribution < -0.4 is 19.5 Å². The zero-order valence-corrected chi connectivity index (χ0v) is 24.1. The second-order valence-corrected chi connectivity index (χ2v) is 17.0. The van der Waals surface area contributed by atoms with Gasteiger partial charge in [0.1, 0.15) is 16.4 Å². The van der Waals surface area contributed by atoms with Crippen molar-refractivity contribution in [3.8, 4) is 17.2 Å². The zero-order chi connectivity index (χ0) is 28.8. The Morgan fingerprint density at radius 2 is 1.87 bits per heavy atom. The number of hydrogen-bond donors (Lipinski definition) is 2. The Morgan fingerprint density at radius 3 is 2.51 bits per heavy atom. The highest BCUT2D eigenvalue weighted by Gasteiger charge is 2.24. The molecule has 0 saturated heterocycles. The standard InChI is InChI=1S/C24H31N5O8SSi/c1-35-20-8-6-17(22(13-20)36-2)14-26-38(33,34)23-12-19(29(31)32)7-9-21(23)28-16-18(15-25-28)27-24(30)37-10-11-39(3,4)5/h6-9,12-13,15-16,26H,10-11,14H2,1-5H3,(H,27,30). The van der Waals surface area contributed by atoms with E-state index in [4.69, 9.17) is 14.2 Å². The van der Waals surface area contributed by atoms with Crippen LogP contribution in [0.4, 0.5) is 16.2 Å². The number of rotatable bonds is 12. The Morgan fingerprint density at radius 1 is 1.13 bits per heavy atom. The van der Waals surface area contributed by atoms with Gasteiger partial charge in [-0.3, -0.25) is 15.4 Å². The summed E-state index contributed by atoms with van der Waals surface area (Å²) in [6.07, 6.45) is 2.03. The lowest BCUT2D eigenvalue weighted by Gasteiger charge is -2.15. The lowest BCUT2D eigenvalue weighted by atomic mass is 10.2. The van der Waals surface area contributed by atoms with Crippen LogP contribution in [0.1, 0.15) is 5.56 Å². The molecule has 13 nitrogen and oxygen atoms in total. The monoisotopic (exact) mass is 577 g/mol. The summed E-state index contributed by atoms with van der Waals surface area (Å²) in [6, 6.07) is 9.09. The summed E-state index contributed by atoms with van der Waals surface area (Å²) in [7, 11) is -2.72. The maximum atomic E-state index is 13.4. The van der Waals surface area contributed by atoms with E-state index >= 15 is 0 Å². The van der Waals surface area contributed by atoms with Crippen molar-refractivity contribution >= 4 is 35.6 Å². The van der Waals surface area contributed by atoms with Crippen LogP contribution in [0.3, 0.4) is 0 Å². The number of non-ortho nitro benzene ring substituents is 1. The highest BCUT2D eigenvalue weighted by molar-refractivity contribution is 7.89. The first-order chi connectivity index (χ1) is 18.3. The molecule has 3 aromatic rings. The van der Waals surface area contributed by atoms with Gasteiger partial charge in [0.25, 0.3) is 5.69 Å². The van der Waals surface area contributed by atoms with Crippen LogP contribution in [0, 0.1) is 10.1 Å². The molecular formula is C24H31N5O8SSi. The molecule has 39 heavy (non-hydrogen) atoms. The van der Waals surface area contributed by atoms with Gasteiger partial charge in [0.2, 0.25) is 10.0 Å². The van der Waals surface area contributed by atoms with Crippen LogP contribution in [0.2, 0.25) is 25.7 Å². The van der Waals surface area contributed by atoms with Crippen molar-refractivity contribution < 1.29 is 32.3 Å². The quantitative estimate of drug-likeness (QED) is 0.183. The number of methoxy groups -OCH3 is 2. The minimum Gasteiger partial charge on any atom is -0.497 e. The van der Waals surface area contributed by atoms with Gasteiger partial charge in [-0.1, -0.05) is 25.7 Å². The van der Waals surface area contributed by atoms with E-state index in [1.807, 2.05) is 0 Å². The summed E-state index contributed by atoms with van der Waals surface area (Å²) in [5.74, 6) is 0.929. The number of ether oxygens (including phenoxy) is 3. The first-order valence-electron chi connectivity index (χ1n) is 11.8. The van der Waals surface area contributed by atoms with Crippen LogP contribution in [0.15, 0.2) is 53.7 Å². The number of nitro benzene ring substituents is 1. The predicted molar refractivity (Wildman–Crippen MR) is 147 cm³/mol. The molecule has 0 atom stereocenters. The first kappa shape index (κ1) is 29.6. The average molecular weight is 578 g/mol. The van der Waals surface area contributed by atoms with E-state index in [1.165, 1.54) is 43.4 Å². The van der Waals surface area contributed by atoms with Crippen molar-refractivity contribution in [2.75, 3.05) is 26.1 Å². The fourth-order valence-corrected chi connectivity index (χ4v) is 5.32. The maximum Gasteiger partial charge on any atom is 0.411 e. The van der Waals surface area contributed by atoms with E-state index in [-0.39, 0.29) is 29.4 Å². The van der Waals surface area contributed by atoms with E-state index in [1.54, 1.807) is 18.2 Å². The van der Waals surface area contributed by atoms with Gasteiger partial charge in [-0.25, -0.2) is 22.6 Å². The number of hydrogen-bond acceptors (Lipinski definition) is 9. The zero-order valence-electron chi connectivity index (χ0n) is 22.3. The fraction of sp³-hybridized carbons (Fsp3) is 0.333. The van der Waals surface area contributed by atoms with Gasteiger partial charge >= 0.3 is 6.09 Å². The fourth-order valence-electron chi connectivity index (χ4n) is 3.39. The Bertz CT molecular complexity index is 1450. The van der Waals surface area contributed by atoms with E-state index in [2.05, 4.69) is 34.8 Å². The van der Waals surface area contributed by atoms with E-state index in [9.17, 15) is 23.3 Å². The predicted octanol–water partition coefficient (Wildman–Crippen LogP) is 4.16. The minimum absolute atomic E-state index is 0.0370. The molecule has 1 amide bonds. The second-order valence-electron chi connectivity index (χ2n) is 9.66. The minimum atomic E-state index is -4.28. The van der Waals surface area contributed by atoms with Crippen molar-refractivity contribution in [1.82, 2.24) is 14.5 Å². The molecule has 3 rings (SSSR count). The molecule has 2 N–H and O–H groups in total. The molecule has 0 fully saturated rings. The third kappa shape index (κ3) is 8.02. The number of amides is 1. The summed E-state index contributed by atoms with van der Waals surface area (Å²) in [6.45, 7) is 6.61. The van der Waals surface area contributed by atoms with Crippen LogP contribution >= 0.6 is 0 Å². The summed E-state index contributed by atoms with van der Waals surface area (Å²) in [5, 5.41) is 18.1. The number of carbonyl (C=O) groups excluding carboxylic acids is 1. The Hall–Kier alpha value is -3.95. The lowest BCUT2D eigenvalue weighted by molar-refractivity contribution is -0.385. The molecule has 0 bridgehead atoms. The summed E-state index contributed by atoms with van der Waals surface area (Å²) in [4.78, 5) is 22.5. The average Bonchev–Trinajstić information content (AvgIpc) is 3.34. The number of aromatic nitrogens is 2. The second kappa shape index (κ2) is 12.3. The third-order valence-electron chi connectivity index (χ3n) is 5.55. The topological polar surface area (TPSA) is 164 Å². The molecule has 0 spiro atoms. The van der Waals surface area contributed by atoms with Crippen LogP contribution in [-0.2, 0) is 21.3 Å². The van der Waals surface area contributed by atoms with Crippen molar-refractivity contribution in [3.63, 3.8) is 0 Å². The number of nitrogens with zero attached hydrogens (tertiary/aromatic N) is 3. The Balaban J connectivity index is 1.85. The Labute approximate surface area is 227 Å². The van der Waals surface area contributed by atoms with Gasteiger partial charge in [-0.15, -0.1) is 0 Å². The molecule has 15 heteroatoms. The number of anilines is 1. The third-order valence-corrected chi connectivity index (χ3v) is 8.69. The molecule has 1 heterocycles. The van der Waals surface area contributed by atoms with Crippen molar-refractivity contribution in [2.45, 2.75) is 37.1 Å². The van der Waals surface area contributed by atoms with Crippen molar-refractivity contribution in [3.05, 3.63) is 64.5 Å². The lowest BCUT2D eigenvalue weighted by Crippen LogP contribution is -2.25. The molecule has 0 aliphatic heterocycles. The molecule has 0 aliphatic rings. The van der Waals surface area contributed by atoms with Crippen LogP contribution in [-0.4, -0.2) is 58.1 Å². The van der Waals surface area contributed by atoms with E-state index < -0.39 is 34.8 Å². The van der Waals surface area contributed by atoms with Crippen molar-refractivity contribution in [2.24, 2.45) is 0 Å². The highest BCUT2D eigenvalue weighted by Crippen LogP contribution is 2.28. The van der Waals surface area contributed by atoms with Crippen LogP contribution in [0.5, 0.6) is 11.5 Å². The van der Waals surface area contributed by atoms with E-state index in [0.717, 1.165) is 12.1 Å². The summed E-state index contributed by atoms with van der Waals surface area (Å²) < 4.78 is 46.1. The van der Waals surface area contributed by atoms with Gasteiger partial charge in [0.05, 0.1) is 49.5 Å². The SMILES string of the molecule is COc1ccc(CNS(=O)(=O)c2cc([N+](=O)[O-])ccc2-n2cc(NC(=O)OCC[Si](C)(C)C)cn2)c(OC)c1. The van der Waals surface area contributed by atoms with Gasteiger partial charge in [0, 0.05) is 38.4 Å². The molecule has 1 aromatic heterocycles. The molecule has 0 saturated carbocycles. The number of sulfonamides is 1. The molecule has 0 unspecified atom stereocenters. The largest absolute Gasteiger partial charge is 0.497 e. The number of nitro groups is 1. The smallest absolute Gasteiger partial charge is 0.411 e. The number of carbonyl (C=O) groups is 1. The van der Waals surface area contributed by atoms with Gasteiger partial charge in [0.15, 0.2) is 0 Å². The Kier molecular flexibility index (Phi) is 9.31. The first-order valence-corrected chi connectivity index (χ1v) is 17.0. The van der Waals surface area contributed by atoms with Crippen molar-refractivity contribution in [1.29, 1.82) is 0 Å². The van der Waals surface area contributed by atoms with Gasteiger partial charge in [-0.05, 0) is 18.2 Å². The molecular weight excluding hydrogens is 546 g/mol. The molecule has 210 valence electrons. The summed E-state index contributed by atoms with van der Waals surface area (Å²) >= 11 is 0. The molecule has 2 aromatic carbocycles. The molecule has 0 aliphatic carbocycles. The maximum absolute atomic E-state index is 13.4.